The third-order valence-corrected chi connectivity index (χ3v) is 6.54. The number of rotatable bonds is 2. The lowest BCUT2D eigenvalue weighted by Crippen LogP contribution is -2.47. The Bertz CT molecular complexity index is 336. The van der Waals surface area contributed by atoms with Crippen molar-refractivity contribution in [3.63, 3.8) is 0 Å². The molecule has 5 heteroatoms. The highest BCUT2D eigenvalue weighted by Crippen LogP contribution is 2.25. The van der Waals surface area contributed by atoms with E-state index in [2.05, 4.69) is 12.2 Å². The van der Waals surface area contributed by atoms with E-state index in [1.807, 2.05) is 0 Å². The Morgan fingerprint density at radius 1 is 1.06 bits per heavy atom. The molecule has 0 bridgehead atoms. The molecule has 17 heavy (non-hydrogen) atoms. The fourth-order valence-corrected chi connectivity index (χ4v) is 5.12. The van der Waals surface area contributed by atoms with Gasteiger partial charge < -0.3 is 5.32 Å². The maximum Gasteiger partial charge on any atom is 0.217 e. The van der Waals surface area contributed by atoms with E-state index in [4.69, 9.17) is 0 Å². The number of hydrogen-bond donors (Lipinski definition) is 1. The number of nitrogens with zero attached hydrogens (tertiary/aromatic N) is 1. The minimum Gasteiger partial charge on any atom is -0.317 e. The van der Waals surface area contributed by atoms with Crippen molar-refractivity contribution in [2.24, 2.45) is 0 Å². The van der Waals surface area contributed by atoms with Gasteiger partial charge >= 0.3 is 0 Å². The molecular formula is C12H24N2O2S. The molecule has 0 aromatic carbocycles. The van der Waals surface area contributed by atoms with Gasteiger partial charge in [-0.15, -0.1) is 0 Å². The minimum absolute atomic E-state index is 0.149. The summed E-state index contributed by atoms with van der Waals surface area (Å²) in [6.07, 6.45) is 5.91. The zero-order valence-corrected chi connectivity index (χ0v) is 11.5. The summed E-state index contributed by atoms with van der Waals surface area (Å²) in [5, 5.41) is 3.08. The first-order chi connectivity index (χ1) is 8.12. The Labute approximate surface area is 105 Å². The smallest absolute Gasteiger partial charge is 0.217 e. The molecule has 0 amide bonds. The van der Waals surface area contributed by atoms with Gasteiger partial charge in [-0.3, -0.25) is 0 Å². The lowest BCUT2D eigenvalue weighted by atomic mass is 10.1. The maximum absolute atomic E-state index is 12.6. The molecule has 2 saturated heterocycles. The van der Waals surface area contributed by atoms with Gasteiger partial charge in [0.25, 0.3) is 0 Å². The van der Waals surface area contributed by atoms with Gasteiger partial charge in [0.2, 0.25) is 10.0 Å². The molecule has 1 atom stereocenters. The van der Waals surface area contributed by atoms with Crippen LogP contribution >= 0.6 is 0 Å². The molecule has 4 nitrogen and oxygen atoms in total. The Morgan fingerprint density at radius 2 is 1.76 bits per heavy atom. The molecule has 0 aromatic heterocycles. The molecule has 0 aromatic rings. The number of piperidine rings is 1. The third-order valence-electron chi connectivity index (χ3n) is 4.03. The van der Waals surface area contributed by atoms with E-state index in [0.717, 1.165) is 45.3 Å². The summed E-state index contributed by atoms with van der Waals surface area (Å²) in [5.74, 6) is 0. The van der Waals surface area contributed by atoms with Crippen LogP contribution in [0.4, 0.5) is 0 Å². The SMILES string of the molecule is CC1CCCCCN1S(=O)(=O)C1CCNCC1. The number of hydrogen-bond acceptors (Lipinski definition) is 3. The Kier molecular flexibility index (Phi) is 4.44. The molecule has 0 aliphatic carbocycles. The summed E-state index contributed by atoms with van der Waals surface area (Å²) in [6.45, 7) is 4.47. The van der Waals surface area contributed by atoms with E-state index < -0.39 is 10.0 Å². The van der Waals surface area contributed by atoms with Crippen molar-refractivity contribution < 1.29 is 8.42 Å². The highest BCUT2D eigenvalue weighted by molar-refractivity contribution is 7.89. The van der Waals surface area contributed by atoms with E-state index in [-0.39, 0.29) is 11.3 Å². The summed E-state index contributed by atoms with van der Waals surface area (Å²) < 4.78 is 27.0. The zero-order chi connectivity index (χ0) is 12.3. The molecular weight excluding hydrogens is 236 g/mol. The quantitative estimate of drug-likeness (QED) is 0.815. The fraction of sp³-hybridized carbons (Fsp3) is 1.00. The van der Waals surface area contributed by atoms with Crippen molar-refractivity contribution in [1.29, 1.82) is 0 Å². The van der Waals surface area contributed by atoms with E-state index in [1.165, 1.54) is 12.8 Å². The van der Waals surface area contributed by atoms with Crippen molar-refractivity contribution in [1.82, 2.24) is 9.62 Å². The van der Waals surface area contributed by atoms with Crippen molar-refractivity contribution in [3.8, 4) is 0 Å². The normalized spacial score (nSPS) is 30.1. The van der Waals surface area contributed by atoms with Gasteiger partial charge in [0, 0.05) is 12.6 Å². The van der Waals surface area contributed by atoms with Gasteiger partial charge in [-0.2, -0.15) is 4.31 Å². The molecule has 2 aliphatic heterocycles. The van der Waals surface area contributed by atoms with Crippen LogP contribution in [0.5, 0.6) is 0 Å². The van der Waals surface area contributed by atoms with Gasteiger partial charge in [-0.25, -0.2) is 8.42 Å². The van der Waals surface area contributed by atoms with Crippen molar-refractivity contribution in [2.75, 3.05) is 19.6 Å². The van der Waals surface area contributed by atoms with E-state index in [9.17, 15) is 8.42 Å². The van der Waals surface area contributed by atoms with Gasteiger partial charge in [-0.05, 0) is 45.7 Å². The van der Waals surface area contributed by atoms with Crippen molar-refractivity contribution >= 4 is 10.0 Å². The molecule has 0 radical (unpaired) electrons. The summed E-state index contributed by atoms with van der Waals surface area (Å²) >= 11 is 0. The molecule has 1 unspecified atom stereocenters. The average Bonchev–Trinajstić information content (AvgIpc) is 2.55. The van der Waals surface area contributed by atoms with Crippen LogP contribution in [-0.2, 0) is 10.0 Å². The molecule has 2 heterocycles. The molecule has 2 fully saturated rings. The molecule has 0 saturated carbocycles. The molecule has 2 rings (SSSR count). The predicted molar refractivity (Wildman–Crippen MR) is 69.4 cm³/mol. The monoisotopic (exact) mass is 260 g/mol. The topological polar surface area (TPSA) is 49.4 Å². The van der Waals surface area contributed by atoms with Crippen LogP contribution < -0.4 is 5.32 Å². The van der Waals surface area contributed by atoms with Gasteiger partial charge in [-0.1, -0.05) is 12.8 Å². The van der Waals surface area contributed by atoms with E-state index in [1.54, 1.807) is 4.31 Å². The van der Waals surface area contributed by atoms with Crippen LogP contribution in [-0.4, -0.2) is 43.6 Å². The van der Waals surface area contributed by atoms with Crippen molar-refractivity contribution in [2.45, 2.75) is 56.7 Å². The summed E-state index contributed by atoms with van der Waals surface area (Å²) in [6, 6.07) is 0.192. The van der Waals surface area contributed by atoms with Crippen LogP contribution in [0.25, 0.3) is 0 Å². The lowest BCUT2D eigenvalue weighted by Gasteiger charge is -2.32. The van der Waals surface area contributed by atoms with E-state index >= 15 is 0 Å². The lowest BCUT2D eigenvalue weighted by molar-refractivity contribution is 0.331. The summed E-state index contributed by atoms with van der Waals surface area (Å²) in [7, 11) is -3.06. The Balaban J connectivity index is 2.11. The van der Waals surface area contributed by atoms with Crippen LogP contribution in [0.2, 0.25) is 0 Å². The second kappa shape index (κ2) is 5.67. The van der Waals surface area contributed by atoms with Crippen LogP contribution in [0.15, 0.2) is 0 Å². The number of sulfonamides is 1. The van der Waals surface area contributed by atoms with Gasteiger partial charge in [0.05, 0.1) is 5.25 Å². The number of nitrogens with one attached hydrogen (secondary N) is 1. The Morgan fingerprint density at radius 3 is 2.47 bits per heavy atom. The largest absolute Gasteiger partial charge is 0.317 e. The average molecular weight is 260 g/mol. The second-order valence-electron chi connectivity index (χ2n) is 5.30. The highest BCUT2D eigenvalue weighted by Gasteiger charge is 2.35. The first-order valence-electron chi connectivity index (χ1n) is 6.84. The molecule has 1 N–H and O–H groups in total. The maximum atomic E-state index is 12.6. The highest BCUT2D eigenvalue weighted by atomic mass is 32.2. The van der Waals surface area contributed by atoms with Crippen LogP contribution in [0.1, 0.15) is 45.4 Å². The second-order valence-corrected chi connectivity index (χ2v) is 7.47. The molecule has 100 valence electrons. The van der Waals surface area contributed by atoms with Crippen LogP contribution in [0.3, 0.4) is 0 Å². The summed E-state index contributed by atoms with van der Waals surface area (Å²) in [4.78, 5) is 0. The minimum atomic E-state index is -3.06. The fourth-order valence-electron chi connectivity index (χ4n) is 2.91. The van der Waals surface area contributed by atoms with Crippen LogP contribution in [0, 0.1) is 0 Å². The van der Waals surface area contributed by atoms with Gasteiger partial charge in [0.1, 0.15) is 0 Å². The summed E-state index contributed by atoms with van der Waals surface area (Å²) in [5.41, 5.74) is 0. The third kappa shape index (κ3) is 3.01. The van der Waals surface area contributed by atoms with Gasteiger partial charge in [0.15, 0.2) is 0 Å². The Hall–Kier alpha value is -0.130. The zero-order valence-electron chi connectivity index (χ0n) is 10.7. The first-order valence-corrected chi connectivity index (χ1v) is 8.34. The molecule has 0 spiro atoms. The predicted octanol–water partition coefficient (Wildman–Crippen LogP) is 1.33. The standard InChI is InChI=1S/C12H24N2O2S/c1-11-5-3-2-4-10-14(11)17(15,16)12-6-8-13-9-7-12/h11-13H,2-10H2,1H3. The van der Waals surface area contributed by atoms with E-state index in [0.29, 0.717) is 0 Å². The first kappa shape index (κ1) is 13.3. The van der Waals surface area contributed by atoms with Crippen molar-refractivity contribution in [3.05, 3.63) is 0 Å². The molecule has 2 aliphatic rings.